The van der Waals surface area contributed by atoms with Gasteiger partial charge in [0.25, 0.3) is 0 Å². The zero-order chi connectivity index (χ0) is 22.3. The molecular formula is C28H38N4O. The van der Waals surface area contributed by atoms with Gasteiger partial charge >= 0.3 is 0 Å². The molecule has 5 heteroatoms. The number of aryl methyl sites for hydroxylation is 1. The first-order chi connectivity index (χ1) is 16.3. The molecular weight excluding hydrogens is 408 g/mol. The minimum atomic E-state index is 0.768. The smallest absolute Gasteiger partial charge is 0.119 e. The summed E-state index contributed by atoms with van der Waals surface area (Å²) < 4.78 is 5.92. The number of likely N-dealkylation sites (tertiary alicyclic amines) is 1. The summed E-state index contributed by atoms with van der Waals surface area (Å²) in [5.74, 6) is 2.98. The minimum absolute atomic E-state index is 0.768. The van der Waals surface area contributed by atoms with E-state index < -0.39 is 0 Å². The molecule has 5 rings (SSSR count). The number of hydrogen-bond donors (Lipinski definition) is 2. The van der Waals surface area contributed by atoms with Crippen molar-refractivity contribution in [3.8, 4) is 5.75 Å². The molecule has 0 unspecified atom stereocenters. The Labute approximate surface area is 197 Å². The summed E-state index contributed by atoms with van der Waals surface area (Å²) >= 11 is 0. The molecule has 1 aliphatic carbocycles. The van der Waals surface area contributed by atoms with Crippen LogP contribution >= 0.6 is 0 Å². The van der Waals surface area contributed by atoms with Crippen molar-refractivity contribution in [3.05, 3.63) is 53.9 Å². The number of ether oxygens (including phenoxy) is 1. The third kappa shape index (κ3) is 6.29. The highest BCUT2D eigenvalue weighted by molar-refractivity contribution is 5.79. The maximum atomic E-state index is 5.92. The van der Waals surface area contributed by atoms with Gasteiger partial charge in [0.15, 0.2) is 0 Å². The highest BCUT2D eigenvalue weighted by Crippen LogP contribution is 2.27. The Bertz CT molecular complexity index is 1000. The van der Waals surface area contributed by atoms with Crippen LogP contribution in [0.15, 0.2) is 42.5 Å². The summed E-state index contributed by atoms with van der Waals surface area (Å²) in [7, 11) is 0. The third-order valence-corrected chi connectivity index (χ3v) is 7.34. The lowest BCUT2D eigenvalue weighted by molar-refractivity contribution is 0.238. The van der Waals surface area contributed by atoms with Crippen molar-refractivity contribution in [1.82, 2.24) is 14.9 Å². The summed E-state index contributed by atoms with van der Waals surface area (Å²) in [6.45, 7) is 5.04. The van der Waals surface area contributed by atoms with E-state index in [2.05, 4.69) is 57.7 Å². The molecule has 3 aromatic rings. The zero-order valence-electron chi connectivity index (χ0n) is 19.8. The van der Waals surface area contributed by atoms with E-state index >= 15 is 0 Å². The van der Waals surface area contributed by atoms with E-state index in [1.54, 1.807) is 0 Å². The lowest BCUT2D eigenvalue weighted by Crippen LogP contribution is -2.25. The average molecular weight is 447 g/mol. The van der Waals surface area contributed by atoms with Gasteiger partial charge in [-0.15, -0.1) is 0 Å². The van der Waals surface area contributed by atoms with Crippen LogP contribution in [0.25, 0.3) is 11.0 Å². The fourth-order valence-corrected chi connectivity index (χ4v) is 5.31. The number of aromatic nitrogens is 2. The molecule has 2 aromatic carbocycles. The molecule has 2 N–H and O–H groups in total. The normalized spacial score (nSPS) is 17.6. The Morgan fingerprint density at radius 2 is 1.79 bits per heavy atom. The van der Waals surface area contributed by atoms with E-state index in [0.717, 1.165) is 60.3 Å². The van der Waals surface area contributed by atoms with Crippen LogP contribution in [0, 0.1) is 5.92 Å². The Morgan fingerprint density at radius 1 is 0.970 bits per heavy atom. The van der Waals surface area contributed by atoms with Crippen LogP contribution in [0.2, 0.25) is 0 Å². The van der Waals surface area contributed by atoms with Crippen molar-refractivity contribution in [1.29, 1.82) is 0 Å². The van der Waals surface area contributed by atoms with Gasteiger partial charge in [-0.05, 0) is 74.2 Å². The molecule has 1 saturated carbocycles. The monoisotopic (exact) mass is 446 g/mol. The number of anilines is 1. The van der Waals surface area contributed by atoms with E-state index in [1.165, 1.54) is 70.0 Å². The second kappa shape index (κ2) is 11.1. The van der Waals surface area contributed by atoms with Crippen LogP contribution in [-0.4, -0.2) is 41.1 Å². The van der Waals surface area contributed by atoms with E-state index in [4.69, 9.17) is 9.72 Å². The fourth-order valence-electron chi connectivity index (χ4n) is 5.31. The third-order valence-electron chi connectivity index (χ3n) is 7.34. The van der Waals surface area contributed by atoms with Crippen molar-refractivity contribution in [2.75, 3.05) is 31.6 Å². The van der Waals surface area contributed by atoms with Crippen molar-refractivity contribution < 1.29 is 4.74 Å². The first-order valence-corrected chi connectivity index (χ1v) is 13.0. The molecule has 33 heavy (non-hydrogen) atoms. The number of H-pyrrole nitrogens is 1. The fraction of sp³-hybridized carbons (Fsp3) is 0.536. The van der Waals surface area contributed by atoms with Gasteiger partial charge in [-0.25, -0.2) is 4.98 Å². The maximum absolute atomic E-state index is 5.92. The van der Waals surface area contributed by atoms with Crippen molar-refractivity contribution >= 4 is 16.7 Å². The Morgan fingerprint density at radius 3 is 2.61 bits per heavy atom. The highest BCUT2D eigenvalue weighted by atomic mass is 16.5. The molecule has 176 valence electrons. The number of benzene rings is 2. The summed E-state index contributed by atoms with van der Waals surface area (Å²) in [4.78, 5) is 10.8. The number of nitrogens with one attached hydrogen (secondary N) is 2. The first-order valence-electron chi connectivity index (χ1n) is 13.0. The van der Waals surface area contributed by atoms with Crippen LogP contribution in [0.5, 0.6) is 5.75 Å². The molecule has 1 aromatic heterocycles. The first kappa shape index (κ1) is 22.3. The summed E-state index contributed by atoms with van der Waals surface area (Å²) in [6.07, 6.45) is 12.0. The van der Waals surface area contributed by atoms with Crippen molar-refractivity contribution in [2.24, 2.45) is 5.92 Å². The molecule has 2 heterocycles. The average Bonchev–Trinajstić information content (AvgIpc) is 3.52. The second-order valence-electron chi connectivity index (χ2n) is 9.85. The van der Waals surface area contributed by atoms with Crippen LogP contribution in [0.4, 0.5) is 5.69 Å². The molecule has 5 nitrogen and oxygen atoms in total. The van der Waals surface area contributed by atoms with E-state index in [9.17, 15) is 0 Å². The van der Waals surface area contributed by atoms with Crippen molar-refractivity contribution in [3.63, 3.8) is 0 Å². The molecule has 0 spiro atoms. The topological polar surface area (TPSA) is 53.2 Å². The van der Waals surface area contributed by atoms with Crippen LogP contribution in [0.1, 0.15) is 62.8 Å². The van der Waals surface area contributed by atoms with Gasteiger partial charge in [0.1, 0.15) is 18.2 Å². The second-order valence-corrected chi connectivity index (χ2v) is 9.85. The van der Waals surface area contributed by atoms with Gasteiger partial charge < -0.3 is 15.0 Å². The van der Waals surface area contributed by atoms with Crippen molar-refractivity contribution in [2.45, 2.75) is 64.3 Å². The van der Waals surface area contributed by atoms with E-state index in [1.807, 2.05) is 0 Å². The Kier molecular flexibility index (Phi) is 7.47. The lowest BCUT2D eigenvalue weighted by atomic mass is 9.86. The molecule has 1 aliphatic heterocycles. The number of nitrogens with zero attached hydrogens (tertiary/aromatic N) is 2. The predicted octanol–water partition coefficient (Wildman–Crippen LogP) is 6.16. The van der Waals surface area contributed by atoms with Crippen LogP contribution in [0.3, 0.4) is 0 Å². The molecule has 0 bridgehead atoms. The molecule has 0 radical (unpaired) electrons. The summed E-state index contributed by atoms with van der Waals surface area (Å²) in [6, 6.07) is 14.9. The van der Waals surface area contributed by atoms with E-state index in [0.29, 0.717) is 0 Å². The van der Waals surface area contributed by atoms with Crippen LogP contribution in [-0.2, 0) is 13.0 Å². The number of imidazole rings is 1. The number of hydrogen-bond acceptors (Lipinski definition) is 4. The van der Waals surface area contributed by atoms with Gasteiger partial charge in [0.05, 0.1) is 11.0 Å². The van der Waals surface area contributed by atoms with Gasteiger partial charge in [-0.2, -0.15) is 0 Å². The van der Waals surface area contributed by atoms with Crippen LogP contribution < -0.4 is 10.1 Å². The van der Waals surface area contributed by atoms with E-state index in [-0.39, 0.29) is 0 Å². The predicted molar refractivity (Wildman–Crippen MR) is 136 cm³/mol. The Hall–Kier alpha value is -2.53. The zero-order valence-corrected chi connectivity index (χ0v) is 19.8. The van der Waals surface area contributed by atoms with Gasteiger partial charge in [0, 0.05) is 25.2 Å². The molecule has 1 saturated heterocycles. The SMILES string of the molecule is c1cc(OCCN2CCCC2)ccc1CNc1ccc2nc(CCC3CCCCC3)[nH]c2c1. The van der Waals surface area contributed by atoms with Gasteiger partial charge in [0.2, 0.25) is 0 Å². The number of fused-ring (bicyclic) bond motifs is 1. The lowest BCUT2D eigenvalue weighted by Gasteiger charge is -2.20. The standard InChI is InChI=1S/C28H38N4O/c1-2-6-22(7-3-1)10-15-28-30-26-14-11-24(20-27(26)31-28)29-21-23-8-12-25(13-9-23)33-19-18-32-16-4-5-17-32/h8-9,11-14,20,22,29H,1-7,10,15-19,21H2,(H,30,31). The van der Waals surface area contributed by atoms with Gasteiger partial charge in [-0.1, -0.05) is 44.2 Å². The largest absolute Gasteiger partial charge is 0.492 e. The summed E-state index contributed by atoms with van der Waals surface area (Å²) in [5.41, 5.74) is 4.56. The number of aromatic amines is 1. The highest BCUT2D eigenvalue weighted by Gasteiger charge is 2.14. The summed E-state index contributed by atoms with van der Waals surface area (Å²) in [5, 5.41) is 3.55. The minimum Gasteiger partial charge on any atom is -0.492 e. The molecule has 0 amide bonds. The molecule has 2 fully saturated rings. The Balaban J connectivity index is 1.09. The number of rotatable bonds is 10. The maximum Gasteiger partial charge on any atom is 0.119 e. The van der Waals surface area contributed by atoms with Gasteiger partial charge in [-0.3, -0.25) is 4.90 Å². The molecule has 0 atom stereocenters. The molecule has 2 aliphatic rings. The quantitative estimate of drug-likeness (QED) is 0.391.